The molecule has 2 nitrogen and oxygen atoms in total. The maximum Gasteiger partial charge on any atom is 0.311 e. The predicted octanol–water partition coefficient (Wildman–Crippen LogP) is 2.94. The van der Waals surface area contributed by atoms with Gasteiger partial charge >= 0.3 is 5.97 Å². The van der Waals surface area contributed by atoms with Crippen molar-refractivity contribution in [3.63, 3.8) is 0 Å². The van der Waals surface area contributed by atoms with E-state index in [0.29, 0.717) is 5.75 Å². The lowest BCUT2D eigenvalue weighted by molar-refractivity contribution is -0.138. The highest BCUT2D eigenvalue weighted by Crippen LogP contribution is 2.26. The highest BCUT2D eigenvalue weighted by Gasteiger charge is 2.19. The van der Waals surface area contributed by atoms with E-state index in [4.69, 9.17) is 5.11 Å². The summed E-state index contributed by atoms with van der Waals surface area (Å²) in [5.41, 5.74) is 0.834. The first-order chi connectivity index (χ1) is 7.74. The molecular formula is C13H12O2S. The Morgan fingerprint density at radius 1 is 1.19 bits per heavy atom. The maximum absolute atomic E-state index is 11.1. The number of hydrogen-bond donors (Lipinski definition) is 2. The van der Waals surface area contributed by atoms with Gasteiger partial charge in [0.05, 0.1) is 5.92 Å². The van der Waals surface area contributed by atoms with Gasteiger partial charge in [0.25, 0.3) is 0 Å². The summed E-state index contributed by atoms with van der Waals surface area (Å²) in [4.78, 5) is 11.1. The zero-order chi connectivity index (χ0) is 11.5. The average molecular weight is 232 g/mol. The van der Waals surface area contributed by atoms with Gasteiger partial charge in [-0.3, -0.25) is 4.79 Å². The van der Waals surface area contributed by atoms with Crippen LogP contribution in [0, 0.1) is 0 Å². The smallest absolute Gasteiger partial charge is 0.311 e. The number of carbonyl (C=O) groups is 1. The van der Waals surface area contributed by atoms with Crippen LogP contribution in [-0.2, 0) is 4.79 Å². The molecule has 0 spiro atoms. The third-order valence-electron chi connectivity index (χ3n) is 2.68. The molecule has 0 radical (unpaired) electrons. The number of aliphatic carboxylic acids is 1. The van der Waals surface area contributed by atoms with E-state index in [-0.39, 0.29) is 0 Å². The van der Waals surface area contributed by atoms with Gasteiger partial charge in [-0.25, -0.2) is 0 Å². The lowest BCUT2D eigenvalue weighted by atomic mass is 9.95. The van der Waals surface area contributed by atoms with Crippen LogP contribution in [0.3, 0.4) is 0 Å². The fourth-order valence-electron chi connectivity index (χ4n) is 1.86. The third-order valence-corrected chi connectivity index (χ3v) is 3.04. The molecule has 82 valence electrons. The second kappa shape index (κ2) is 4.58. The largest absolute Gasteiger partial charge is 0.481 e. The van der Waals surface area contributed by atoms with E-state index in [1.807, 2.05) is 42.5 Å². The summed E-state index contributed by atoms with van der Waals surface area (Å²) in [6, 6.07) is 13.5. The van der Waals surface area contributed by atoms with E-state index < -0.39 is 11.9 Å². The number of benzene rings is 2. The number of carboxylic acid groups (broad SMARTS) is 1. The van der Waals surface area contributed by atoms with E-state index in [2.05, 4.69) is 12.6 Å². The molecule has 1 atom stereocenters. The molecule has 0 aliphatic rings. The van der Waals surface area contributed by atoms with E-state index >= 15 is 0 Å². The van der Waals surface area contributed by atoms with Crippen molar-refractivity contribution >= 4 is 29.4 Å². The molecule has 2 aromatic rings. The Balaban J connectivity index is 2.63. The highest BCUT2D eigenvalue weighted by atomic mass is 32.1. The molecular weight excluding hydrogens is 220 g/mol. The Hall–Kier alpha value is -1.48. The second-order valence-electron chi connectivity index (χ2n) is 3.64. The zero-order valence-electron chi connectivity index (χ0n) is 8.63. The van der Waals surface area contributed by atoms with Crippen LogP contribution in [0.25, 0.3) is 10.8 Å². The van der Waals surface area contributed by atoms with Crippen molar-refractivity contribution < 1.29 is 9.90 Å². The highest BCUT2D eigenvalue weighted by molar-refractivity contribution is 7.80. The van der Waals surface area contributed by atoms with Crippen LogP contribution in [-0.4, -0.2) is 16.8 Å². The minimum atomic E-state index is -0.827. The Labute approximate surface area is 99.3 Å². The topological polar surface area (TPSA) is 37.3 Å². The molecule has 1 unspecified atom stereocenters. The summed E-state index contributed by atoms with van der Waals surface area (Å²) < 4.78 is 0. The quantitative estimate of drug-likeness (QED) is 0.798. The zero-order valence-corrected chi connectivity index (χ0v) is 9.52. The van der Waals surface area contributed by atoms with Gasteiger partial charge in [-0.2, -0.15) is 12.6 Å². The van der Waals surface area contributed by atoms with Gasteiger partial charge in [-0.05, 0) is 16.3 Å². The molecule has 1 N–H and O–H groups in total. The number of carboxylic acids is 1. The van der Waals surface area contributed by atoms with Crippen molar-refractivity contribution in [1.82, 2.24) is 0 Å². The normalized spacial score (nSPS) is 12.6. The molecule has 0 aliphatic heterocycles. The average Bonchev–Trinajstić information content (AvgIpc) is 2.30. The van der Waals surface area contributed by atoms with Crippen molar-refractivity contribution in [1.29, 1.82) is 0 Å². The van der Waals surface area contributed by atoms with Crippen LogP contribution >= 0.6 is 12.6 Å². The van der Waals surface area contributed by atoms with Crippen LogP contribution in [0.1, 0.15) is 11.5 Å². The molecule has 16 heavy (non-hydrogen) atoms. The molecule has 0 bridgehead atoms. The van der Waals surface area contributed by atoms with Gasteiger partial charge in [0.2, 0.25) is 0 Å². The molecule has 0 fully saturated rings. The Morgan fingerprint density at radius 3 is 2.56 bits per heavy atom. The number of fused-ring (bicyclic) bond motifs is 1. The van der Waals surface area contributed by atoms with E-state index in [9.17, 15) is 4.79 Å². The van der Waals surface area contributed by atoms with Crippen molar-refractivity contribution in [3.05, 3.63) is 48.0 Å². The van der Waals surface area contributed by atoms with Crippen LogP contribution in [0.5, 0.6) is 0 Å². The summed E-state index contributed by atoms with van der Waals surface area (Å²) in [7, 11) is 0. The molecule has 2 aromatic carbocycles. The third kappa shape index (κ3) is 1.91. The van der Waals surface area contributed by atoms with Gasteiger partial charge in [-0.1, -0.05) is 42.5 Å². The summed E-state index contributed by atoms with van der Waals surface area (Å²) in [5.74, 6) is -1.07. The molecule has 2 rings (SSSR count). The summed E-state index contributed by atoms with van der Waals surface area (Å²) in [6.45, 7) is 0. The van der Waals surface area contributed by atoms with Crippen molar-refractivity contribution in [2.24, 2.45) is 0 Å². The van der Waals surface area contributed by atoms with E-state index in [1.165, 1.54) is 0 Å². The van der Waals surface area contributed by atoms with Crippen LogP contribution in [0.4, 0.5) is 0 Å². The first-order valence-corrected chi connectivity index (χ1v) is 5.68. The van der Waals surface area contributed by atoms with Gasteiger partial charge in [0, 0.05) is 5.75 Å². The Bertz CT molecular complexity index is 517. The monoisotopic (exact) mass is 232 g/mol. The van der Waals surface area contributed by atoms with Gasteiger partial charge in [0.1, 0.15) is 0 Å². The van der Waals surface area contributed by atoms with Crippen LogP contribution in [0.15, 0.2) is 42.5 Å². The fraction of sp³-hybridized carbons (Fsp3) is 0.154. The van der Waals surface area contributed by atoms with E-state index in [0.717, 1.165) is 16.3 Å². The van der Waals surface area contributed by atoms with Gasteiger partial charge < -0.3 is 5.11 Å². The van der Waals surface area contributed by atoms with E-state index in [1.54, 1.807) is 0 Å². The minimum absolute atomic E-state index is 0.309. The number of hydrogen-bond acceptors (Lipinski definition) is 2. The lowest BCUT2D eigenvalue weighted by Gasteiger charge is -2.12. The number of thiol groups is 1. The fourth-order valence-corrected chi connectivity index (χ4v) is 2.22. The summed E-state index contributed by atoms with van der Waals surface area (Å²) in [5, 5.41) is 11.2. The first kappa shape index (κ1) is 11.0. The Kier molecular flexibility index (Phi) is 3.15. The van der Waals surface area contributed by atoms with Crippen molar-refractivity contribution in [3.8, 4) is 0 Å². The summed E-state index contributed by atoms with van der Waals surface area (Å²) in [6.07, 6.45) is 0. The standard InChI is InChI=1S/C13H12O2S/c14-13(15)12(8-16)11-7-3-5-9-4-1-2-6-10(9)11/h1-7,12,16H,8H2,(H,14,15). The minimum Gasteiger partial charge on any atom is -0.481 e. The predicted molar refractivity (Wildman–Crippen MR) is 68.2 cm³/mol. The molecule has 0 aliphatic carbocycles. The number of rotatable bonds is 3. The second-order valence-corrected chi connectivity index (χ2v) is 4.01. The molecule has 3 heteroatoms. The molecule has 0 saturated heterocycles. The van der Waals surface area contributed by atoms with Gasteiger partial charge in [0.15, 0.2) is 0 Å². The summed E-state index contributed by atoms with van der Waals surface area (Å²) >= 11 is 4.11. The van der Waals surface area contributed by atoms with Crippen LogP contribution < -0.4 is 0 Å². The Morgan fingerprint density at radius 2 is 1.88 bits per heavy atom. The van der Waals surface area contributed by atoms with Crippen molar-refractivity contribution in [2.45, 2.75) is 5.92 Å². The van der Waals surface area contributed by atoms with Gasteiger partial charge in [-0.15, -0.1) is 0 Å². The molecule has 0 amide bonds. The van der Waals surface area contributed by atoms with Crippen molar-refractivity contribution in [2.75, 3.05) is 5.75 Å². The SMILES string of the molecule is O=C(O)C(CS)c1cccc2ccccc12. The molecule has 0 heterocycles. The maximum atomic E-state index is 11.1. The molecule has 0 saturated carbocycles. The lowest BCUT2D eigenvalue weighted by Crippen LogP contribution is -2.13. The van der Waals surface area contributed by atoms with Crippen LogP contribution in [0.2, 0.25) is 0 Å². The first-order valence-electron chi connectivity index (χ1n) is 5.05. The molecule has 0 aromatic heterocycles.